The van der Waals surface area contributed by atoms with E-state index in [-0.39, 0.29) is 11.9 Å². The molecule has 7 heteroatoms. The zero-order valence-corrected chi connectivity index (χ0v) is 21.8. The second-order valence-electron chi connectivity index (χ2n) is 10.3. The smallest absolute Gasteiger partial charge is 0.408 e. The average Bonchev–Trinajstić information content (AvgIpc) is 2.89. The highest BCUT2D eigenvalue weighted by atomic mass is 16.6. The van der Waals surface area contributed by atoms with Crippen LogP contribution in [0, 0.1) is 0 Å². The Labute approximate surface area is 219 Å². The summed E-state index contributed by atoms with van der Waals surface area (Å²) in [6.07, 6.45) is 3.17. The molecule has 1 aliphatic heterocycles. The highest BCUT2D eigenvalue weighted by molar-refractivity contribution is 5.86. The SMILES string of the molecule is CC(C)(C)OC(=O)N[C@@H](Cc1cccnc1)C(=O)N1CCN(C(c2ccccc2)c2ccccc2)CC1. The molecule has 0 spiro atoms. The van der Waals surface area contributed by atoms with Gasteiger partial charge in [0, 0.05) is 45.0 Å². The number of carbonyl (C=O) groups excluding carboxylic acids is 2. The van der Waals surface area contributed by atoms with Crippen LogP contribution < -0.4 is 5.32 Å². The summed E-state index contributed by atoms with van der Waals surface area (Å²) in [5, 5.41) is 2.81. The van der Waals surface area contributed by atoms with E-state index in [9.17, 15) is 9.59 Å². The van der Waals surface area contributed by atoms with Gasteiger partial charge in [-0.1, -0.05) is 66.7 Å². The molecule has 1 N–H and O–H groups in total. The number of nitrogens with one attached hydrogen (secondary N) is 1. The first kappa shape index (κ1) is 26.4. The van der Waals surface area contributed by atoms with Crippen LogP contribution in [-0.2, 0) is 16.0 Å². The Bertz CT molecular complexity index is 1100. The van der Waals surface area contributed by atoms with Gasteiger partial charge in [-0.15, -0.1) is 0 Å². The summed E-state index contributed by atoms with van der Waals surface area (Å²) >= 11 is 0. The summed E-state index contributed by atoms with van der Waals surface area (Å²) in [6.45, 7) is 8.03. The van der Waals surface area contributed by atoms with Gasteiger partial charge in [0.2, 0.25) is 5.91 Å². The van der Waals surface area contributed by atoms with E-state index in [0.717, 1.165) is 18.7 Å². The predicted molar refractivity (Wildman–Crippen MR) is 144 cm³/mol. The van der Waals surface area contributed by atoms with Crippen molar-refractivity contribution in [3.8, 4) is 0 Å². The molecule has 37 heavy (non-hydrogen) atoms. The fourth-order valence-electron chi connectivity index (χ4n) is 4.71. The maximum absolute atomic E-state index is 13.6. The number of aromatic nitrogens is 1. The maximum atomic E-state index is 13.6. The topological polar surface area (TPSA) is 74.8 Å². The van der Waals surface area contributed by atoms with Crippen molar-refractivity contribution >= 4 is 12.0 Å². The number of alkyl carbamates (subject to hydrolysis) is 1. The first-order chi connectivity index (χ1) is 17.8. The fraction of sp³-hybridized carbons (Fsp3) is 0.367. The van der Waals surface area contributed by atoms with E-state index < -0.39 is 17.7 Å². The molecule has 0 unspecified atom stereocenters. The molecule has 194 valence electrons. The highest BCUT2D eigenvalue weighted by Gasteiger charge is 2.32. The number of hydrogen-bond acceptors (Lipinski definition) is 5. The maximum Gasteiger partial charge on any atom is 0.408 e. The summed E-state index contributed by atoms with van der Waals surface area (Å²) < 4.78 is 5.45. The lowest BCUT2D eigenvalue weighted by Gasteiger charge is -2.40. The van der Waals surface area contributed by atoms with Crippen molar-refractivity contribution in [2.45, 2.75) is 44.9 Å². The van der Waals surface area contributed by atoms with E-state index in [1.165, 1.54) is 11.1 Å². The molecule has 1 aliphatic rings. The molecule has 4 rings (SSSR count). The van der Waals surface area contributed by atoms with E-state index in [0.29, 0.717) is 19.5 Å². The fourth-order valence-corrected chi connectivity index (χ4v) is 4.71. The number of nitrogens with zero attached hydrogens (tertiary/aromatic N) is 3. The zero-order valence-electron chi connectivity index (χ0n) is 21.8. The minimum Gasteiger partial charge on any atom is -0.444 e. The minimum atomic E-state index is -0.732. The van der Waals surface area contributed by atoms with Crippen LogP contribution in [0.2, 0.25) is 0 Å². The van der Waals surface area contributed by atoms with Crippen molar-refractivity contribution in [3.63, 3.8) is 0 Å². The zero-order chi connectivity index (χ0) is 26.3. The molecule has 0 radical (unpaired) electrons. The standard InChI is InChI=1S/C30H36N4O3/c1-30(2,3)37-29(36)32-26(21-23-11-10-16-31-22-23)28(35)34-19-17-33(18-20-34)27(24-12-6-4-7-13-24)25-14-8-5-9-15-25/h4-16,22,26-27H,17-21H2,1-3H3,(H,32,36)/t26-/m0/s1. The number of pyridine rings is 1. The van der Waals surface area contributed by atoms with E-state index >= 15 is 0 Å². The molecule has 2 amide bonds. The van der Waals surface area contributed by atoms with Crippen LogP contribution in [0.25, 0.3) is 0 Å². The second kappa shape index (κ2) is 12.0. The molecule has 1 fully saturated rings. The van der Waals surface area contributed by atoms with Gasteiger partial charge in [0.05, 0.1) is 6.04 Å². The molecular weight excluding hydrogens is 464 g/mol. The van der Waals surface area contributed by atoms with E-state index in [4.69, 9.17) is 4.74 Å². The average molecular weight is 501 g/mol. The van der Waals surface area contributed by atoms with E-state index in [1.807, 2.05) is 29.2 Å². The van der Waals surface area contributed by atoms with Crippen molar-refractivity contribution in [3.05, 3.63) is 102 Å². The van der Waals surface area contributed by atoms with Gasteiger partial charge in [-0.05, 0) is 43.5 Å². The van der Waals surface area contributed by atoms with Gasteiger partial charge in [-0.2, -0.15) is 0 Å². The van der Waals surface area contributed by atoms with Crippen LogP contribution in [0.4, 0.5) is 4.79 Å². The first-order valence-corrected chi connectivity index (χ1v) is 12.8. The Balaban J connectivity index is 1.47. The van der Waals surface area contributed by atoms with Gasteiger partial charge >= 0.3 is 6.09 Å². The van der Waals surface area contributed by atoms with Crippen molar-refractivity contribution < 1.29 is 14.3 Å². The Morgan fingerprint density at radius 1 is 0.892 bits per heavy atom. The summed E-state index contributed by atoms with van der Waals surface area (Å²) in [6, 6.07) is 24.1. The Morgan fingerprint density at radius 3 is 2.00 bits per heavy atom. The van der Waals surface area contributed by atoms with Gasteiger partial charge in [0.1, 0.15) is 11.6 Å². The number of piperazine rings is 1. The minimum absolute atomic E-state index is 0.106. The monoisotopic (exact) mass is 500 g/mol. The third-order valence-electron chi connectivity index (χ3n) is 6.37. The number of hydrogen-bond donors (Lipinski definition) is 1. The molecule has 3 aromatic rings. The third-order valence-corrected chi connectivity index (χ3v) is 6.37. The quantitative estimate of drug-likeness (QED) is 0.519. The van der Waals surface area contributed by atoms with E-state index in [1.54, 1.807) is 33.2 Å². The van der Waals surface area contributed by atoms with Gasteiger partial charge in [-0.3, -0.25) is 14.7 Å². The van der Waals surface area contributed by atoms with Gasteiger partial charge in [0.15, 0.2) is 0 Å². The summed E-state index contributed by atoms with van der Waals surface area (Å²) in [7, 11) is 0. The summed E-state index contributed by atoms with van der Waals surface area (Å²) in [5.74, 6) is -0.106. The lowest BCUT2D eigenvalue weighted by molar-refractivity contribution is -0.135. The molecule has 1 atom stereocenters. The van der Waals surface area contributed by atoms with Crippen LogP contribution in [-0.4, -0.2) is 64.6 Å². The molecule has 0 aliphatic carbocycles. The summed E-state index contributed by atoms with van der Waals surface area (Å²) in [5.41, 5.74) is 2.69. The molecule has 2 aromatic carbocycles. The van der Waals surface area contributed by atoms with Crippen LogP contribution in [0.15, 0.2) is 85.2 Å². The Hall–Kier alpha value is -3.71. The van der Waals surface area contributed by atoms with Crippen molar-refractivity contribution in [1.29, 1.82) is 0 Å². The van der Waals surface area contributed by atoms with Crippen molar-refractivity contribution in [1.82, 2.24) is 20.1 Å². The normalized spacial score (nSPS) is 15.3. The van der Waals surface area contributed by atoms with Gasteiger partial charge in [-0.25, -0.2) is 4.79 Å². The molecule has 1 aromatic heterocycles. The molecule has 0 saturated carbocycles. The number of amides is 2. The van der Waals surface area contributed by atoms with Crippen molar-refractivity contribution in [2.75, 3.05) is 26.2 Å². The number of rotatable bonds is 7. The molecular formula is C30H36N4O3. The first-order valence-electron chi connectivity index (χ1n) is 12.8. The van der Waals surface area contributed by atoms with Crippen molar-refractivity contribution in [2.24, 2.45) is 0 Å². The van der Waals surface area contributed by atoms with E-state index in [2.05, 4.69) is 63.7 Å². The molecule has 7 nitrogen and oxygen atoms in total. The van der Waals surface area contributed by atoms with Gasteiger partial charge < -0.3 is 15.0 Å². The molecule has 1 saturated heterocycles. The van der Waals surface area contributed by atoms with Crippen LogP contribution in [0.5, 0.6) is 0 Å². The highest BCUT2D eigenvalue weighted by Crippen LogP contribution is 2.29. The predicted octanol–water partition coefficient (Wildman–Crippen LogP) is 4.45. The lowest BCUT2D eigenvalue weighted by Crippen LogP contribution is -2.56. The molecule has 0 bridgehead atoms. The number of ether oxygens (including phenoxy) is 1. The number of carbonyl (C=O) groups is 2. The second-order valence-corrected chi connectivity index (χ2v) is 10.3. The van der Waals surface area contributed by atoms with Crippen LogP contribution in [0.3, 0.4) is 0 Å². The van der Waals surface area contributed by atoms with Crippen LogP contribution >= 0.6 is 0 Å². The molecule has 2 heterocycles. The third kappa shape index (κ3) is 7.40. The van der Waals surface area contributed by atoms with Gasteiger partial charge in [0.25, 0.3) is 0 Å². The Morgan fingerprint density at radius 2 is 1.49 bits per heavy atom. The lowest BCUT2D eigenvalue weighted by atomic mass is 9.96. The number of benzene rings is 2. The summed E-state index contributed by atoms with van der Waals surface area (Å²) in [4.78, 5) is 34.6. The van der Waals surface area contributed by atoms with Crippen LogP contribution in [0.1, 0.15) is 43.5 Å². The Kier molecular flexibility index (Phi) is 8.56. The largest absolute Gasteiger partial charge is 0.444 e.